The fraction of sp³-hybridized carbons (Fsp3) is 1.00. The lowest BCUT2D eigenvalue weighted by atomic mass is 10.0. The molecular weight excluding hydrogens is 388 g/mol. The third-order valence-corrected chi connectivity index (χ3v) is 8.22. The monoisotopic (exact) mass is 426 g/mol. The lowest BCUT2D eigenvalue weighted by molar-refractivity contribution is -0.00362. The summed E-state index contributed by atoms with van der Waals surface area (Å²) in [5.41, 5.74) is 0. The van der Waals surface area contributed by atoms with Gasteiger partial charge in [0.15, 0.2) is 0 Å². The van der Waals surface area contributed by atoms with Gasteiger partial charge in [0.2, 0.25) is 0 Å². The summed E-state index contributed by atoms with van der Waals surface area (Å²) in [6, 6.07) is 0.824. The van der Waals surface area contributed by atoms with Gasteiger partial charge in [-0.25, -0.2) is 0 Å². The molecule has 0 aromatic heterocycles. The first-order valence-corrected chi connectivity index (χ1v) is 12.9. The summed E-state index contributed by atoms with van der Waals surface area (Å²) in [5, 5.41) is 0. The highest BCUT2D eigenvalue weighted by Gasteiger charge is 2.36. The maximum Gasteiger partial charge on any atom is 0.500 e. The van der Waals surface area contributed by atoms with E-state index in [1.807, 2.05) is 11.8 Å². The third-order valence-electron chi connectivity index (χ3n) is 4.47. The van der Waals surface area contributed by atoms with Gasteiger partial charge in [-0.3, -0.25) is 0 Å². The van der Waals surface area contributed by atoms with Crippen molar-refractivity contribution in [3.63, 3.8) is 0 Å². The van der Waals surface area contributed by atoms with Gasteiger partial charge < -0.3 is 32.2 Å². The molecule has 0 saturated carbocycles. The molecular formula is C18H38O7SSi. The Morgan fingerprint density at radius 2 is 1.26 bits per heavy atom. The molecule has 1 saturated heterocycles. The molecule has 0 amide bonds. The molecule has 9 heteroatoms. The van der Waals surface area contributed by atoms with Gasteiger partial charge in [-0.05, 0) is 12.8 Å². The molecule has 0 N–H and O–H groups in total. The van der Waals surface area contributed by atoms with E-state index in [-0.39, 0.29) is 0 Å². The molecule has 1 rings (SSSR count). The van der Waals surface area contributed by atoms with E-state index in [9.17, 15) is 0 Å². The van der Waals surface area contributed by atoms with E-state index in [4.69, 9.17) is 32.2 Å². The summed E-state index contributed by atoms with van der Waals surface area (Å²) < 4.78 is 39.2. The second kappa shape index (κ2) is 17.2. The molecule has 162 valence electrons. The normalized spacial score (nSPS) is 20.6. The lowest BCUT2D eigenvalue weighted by Crippen LogP contribution is -2.42. The van der Waals surface area contributed by atoms with Gasteiger partial charge in [0.05, 0.1) is 52.9 Å². The van der Waals surface area contributed by atoms with Crippen molar-refractivity contribution in [2.45, 2.75) is 25.3 Å². The molecule has 1 fully saturated rings. The van der Waals surface area contributed by atoms with Crippen molar-refractivity contribution >= 4 is 20.6 Å². The van der Waals surface area contributed by atoms with Crippen molar-refractivity contribution < 1.29 is 32.2 Å². The number of rotatable bonds is 8. The summed E-state index contributed by atoms with van der Waals surface area (Å²) >= 11 is 1.85. The van der Waals surface area contributed by atoms with Crippen LogP contribution in [0.3, 0.4) is 0 Å². The number of unbranched alkanes of at least 4 members (excludes halogenated alkanes) is 1. The molecule has 1 aliphatic rings. The van der Waals surface area contributed by atoms with Crippen LogP contribution < -0.4 is 0 Å². The largest absolute Gasteiger partial charge is 0.500 e. The van der Waals surface area contributed by atoms with Gasteiger partial charge in [0.25, 0.3) is 0 Å². The Morgan fingerprint density at radius 1 is 0.741 bits per heavy atom. The molecule has 0 atom stereocenters. The molecule has 0 aliphatic carbocycles. The summed E-state index contributed by atoms with van der Waals surface area (Å²) in [6.45, 7) is 5.49. The minimum atomic E-state index is -2.47. The summed E-state index contributed by atoms with van der Waals surface area (Å²) in [5.74, 6) is 2.37. The van der Waals surface area contributed by atoms with Crippen molar-refractivity contribution in [1.29, 1.82) is 0 Å². The van der Waals surface area contributed by atoms with Crippen LogP contribution in [0.2, 0.25) is 6.04 Å². The fourth-order valence-electron chi connectivity index (χ4n) is 2.82. The van der Waals surface area contributed by atoms with Crippen molar-refractivity contribution in [2.75, 3.05) is 85.7 Å². The van der Waals surface area contributed by atoms with Gasteiger partial charge in [0, 0.05) is 44.8 Å². The first-order chi connectivity index (χ1) is 13.3. The van der Waals surface area contributed by atoms with E-state index in [0.717, 1.165) is 50.0 Å². The molecule has 0 bridgehead atoms. The Balaban J connectivity index is 2.30. The van der Waals surface area contributed by atoms with Crippen molar-refractivity contribution in [1.82, 2.24) is 0 Å². The molecule has 7 nitrogen and oxygen atoms in total. The zero-order valence-corrected chi connectivity index (χ0v) is 19.1. The highest BCUT2D eigenvalue weighted by atomic mass is 32.2. The van der Waals surface area contributed by atoms with E-state index < -0.39 is 8.80 Å². The Morgan fingerprint density at radius 3 is 1.78 bits per heavy atom. The Kier molecular flexibility index (Phi) is 16.1. The van der Waals surface area contributed by atoms with Crippen LogP contribution in [-0.4, -0.2) is 94.5 Å². The summed E-state index contributed by atoms with van der Waals surface area (Å²) in [7, 11) is 2.51. The smallest absolute Gasteiger partial charge is 0.379 e. The maximum absolute atomic E-state index is 5.80. The predicted octanol–water partition coefficient (Wildman–Crippen LogP) is 2.46. The SMILES string of the molecule is CO[Si](CCCCC1COCCOCCSCCOCCOC1)(OC)OC. The molecule has 0 aromatic rings. The van der Waals surface area contributed by atoms with Crippen LogP contribution in [0.15, 0.2) is 0 Å². The molecule has 1 aliphatic heterocycles. The summed E-state index contributed by atoms with van der Waals surface area (Å²) in [4.78, 5) is 0. The van der Waals surface area contributed by atoms with Crippen LogP contribution >= 0.6 is 11.8 Å². The van der Waals surface area contributed by atoms with Crippen LogP contribution in [0.1, 0.15) is 19.3 Å². The van der Waals surface area contributed by atoms with Crippen LogP contribution in [0.4, 0.5) is 0 Å². The Hall–Kier alpha value is 0.287. The van der Waals surface area contributed by atoms with E-state index in [1.165, 1.54) is 0 Å². The zero-order chi connectivity index (χ0) is 19.6. The van der Waals surface area contributed by atoms with Crippen LogP contribution in [0.25, 0.3) is 0 Å². The van der Waals surface area contributed by atoms with Crippen LogP contribution in [-0.2, 0) is 32.2 Å². The average molecular weight is 427 g/mol. The topological polar surface area (TPSA) is 64.6 Å². The molecule has 0 unspecified atom stereocenters. The van der Waals surface area contributed by atoms with E-state index >= 15 is 0 Å². The van der Waals surface area contributed by atoms with Gasteiger partial charge in [-0.2, -0.15) is 11.8 Å². The first kappa shape index (κ1) is 25.3. The molecule has 0 aromatic carbocycles. The van der Waals surface area contributed by atoms with E-state index in [2.05, 4.69) is 0 Å². The Labute approximate surface area is 170 Å². The van der Waals surface area contributed by atoms with Gasteiger partial charge in [-0.1, -0.05) is 6.42 Å². The van der Waals surface area contributed by atoms with Crippen molar-refractivity contribution in [3.8, 4) is 0 Å². The first-order valence-electron chi connectivity index (χ1n) is 9.80. The zero-order valence-electron chi connectivity index (χ0n) is 17.2. The molecule has 1 heterocycles. The molecule has 0 spiro atoms. The minimum Gasteiger partial charge on any atom is -0.379 e. The highest BCUT2D eigenvalue weighted by molar-refractivity contribution is 7.99. The van der Waals surface area contributed by atoms with Crippen molar-refractivity contribution in [3.05, 3.63) is 0 Å². The quantitative estimate of drug-likeness (QED) is 0.433. The third kappa shape index (κ3) is 12.5. The number of ether oxygens (including phenoxy) is 4. The van der Waals surface area contributed by atoms with Crippen molar-refractivity contribution in [2.24, 2.45) is 5.92 Å². The van der Waals surface area contributed by atoms with Crippen LogP contribution in [0.5, 0.6) is 0 Å². The molecule has 0 radical (unpaired) electrons. The predicted molar refractivity (Wildman–Crippen MR) is 110 cm³/mol. The Bertz CT molecular complexity index is 311. The standard InChI is InChI=1S/C18H38O7SSi/c1-19-27(20-2,21-3)15-5-4-6-18-16-24-9-7-22-11-13-26-14-12-23-8-10-25-17-18/h18H,4-17H2,1-3H3. The highest BCUT2D eigenvalue weighted by Crippen LogP contribution is 2.19. The van der Waals surface area contributed by atoms with Gasteiger partial charge in [0.1, 0.15) is 0 Å². The maximum atomic E-state index is 5.80. The number of hydrogen-bond acceptors (Lipinski definition) is 8. The minimum absolute atomic E-state index is 0.372. The number of hydrogen-bond donors (Lipinski definition) is 0. The molecule has 27 heavy (non-hydrogen) atoms. The average Bonchev–Trinajstić information content (AvgIpc) is 2.69. The fourth-order valence-corrected chi connectivity index (χ4v) is 5.29. The van der Waals surface area contributed by atoms with E-state index in [0.29, 0.717) is 45.6 Å². The number of thioether (sulfide) groups is 1. The van der Waals surface area contributed by atoms with Gasteiger partial charge in [-0.15, -0.1) is 0 Å². The second-order valence-corrected chi connectivity index (χ2v) is 10.7. The van der Waals surface area contributed by atoms with Crippen LogP contribution in [0, 0.1) is 5.92 Å². The second-order valence-electron chi connectivity index (χ2n) is 6.39. The van der Waals surface area contributed by atoms with Gasteiger partial charge >= 0.3 is 8.80 Å². The lowest BCUT2D eigenvalue weighted by Gasteiger charge is -2.24. The summed E-state index contributed by atoms with van der Waals surface area (Å²) in [6.07, 6.45) is 3.11. The van der Waals surface area contributed by atoms with E-state index in [1.54, 1.807) is 21.3 Å².